The lowest BCUT2D eigenvalue weighted by atomic mass is 10.1. The minimum Gasteiger partial charge on any atom is -0.493 e. The Bertz CT molecular complexity index is 2220. The van der Waals surface area contributed by atoms with Crippen molar-refractivity contribution in [1.82, 2.24) is 9.78 Å². The number of rotatable bonds is 10. The summed E-state index contributed by atoms with van der Waals surface area (Å²) >= 11 is 0. The summed E-state index contributed by atoms with van der Waals surface area (Å²) in [5.74, 6) is -7.71. The van der Waals surface area contributed by atoms with Crippen LogP contribution < -0.4 is 5.01 Å². The molecule has 0 spiro atoms. The van der Waals surface area contributed by atoms with Crippen LogP contribution in [-0.2, 0) is 29.8 Å². The van der Waals surface area contributed by atoms with Gasteiger partial charge in [-0.05, 0) is 48.6 Å². The molecular weight excluding hydrogens is 672 g/mol. The van der Waals surface area contributed by atoms with Crippen LogP contribution in [-0.4, -0.2) is 74.6 Å². The molecule has 5 N–H and O–H groups in total. The highest BCUT2D eigenvalue weighted by Gasteiger charge is 2.36. The van der Waals surface area contributed by atoms with E-state index in [9.17, 15) is 55.3 Å². The zero-order chi connectivity index (χ0) is 34.8. The molecule has 3 aromatic rings. The third-order valence-electron chi connectivity index (χ3n) is 6.04. The molecule has 0 saturated carbocycles. The third-order valence-corrected chi connectivity index (χ3v) is 7.74. The highest BCUT2D eigenvalue weighted by atomic mass is 32.2. The molecule has 0 bridgehead atoms. The monoisotopic (exact) mass is 690 g/mol. The molecule has 1 aromatic heterocycles. The van der Waals surface area contributed by atoms with Gasteiger partial charge in [0.1, 0.15) is 23.0 Å². The number of hydrazone groups is 1. The molecule has 0 saturated heterocycles. The molecule has 2 heterocycles. The number of carboxylic acids is 2. The van der Waals surface area contributed by atoms with Gasteiger partial charge in [-0.2, -0.15) is 36.7 Å². The quantitative estimate of drug-likeness (QED) is 0.117. The summed E-state index contributed by atoms with van der Waals surface area (Å²) in [5, 5.41) is 37.1. The molecule has 0 radical (unpaired) electrons. The molecule has 47 heavy (non-hydrogen) atoms. The summed E-state index contributed by atoms with van der Waals surface area (Å²) < 4.78 is 92.6. The number of hydrogen-bond donors (Lipinski definition) is 5. The Labute approximate surface area is 262 Å². The van der Waals surface area contributed by atoms with E-state index in [0.717, 1.165) is 36.4 Å². The predicted octanol–water partition coefficient (Wildman–Crippen LogP) is 2.59. The Morgan fingerprint density at radius 2 is 1.32 bits per heavy atom. The second kappa shape index (κ2) is 12.9. The lowest BCUT2D eigenvalue weighted by Gasteiger charge is -2.12. The van der Waals surface area contributed by atoms with Crippen molar-refractivity contribution in [3.8, 4) is 11.6 Å². The number of aromatic hydroxyl groups is 1. The molecule has 0 unspecified atom stereocenters. The van der Waals surface area contributed by atoms with Gasteiger partial charge in [-0.1, -0.05) is 30.4 Å². The summed E-state index contributed by atoms with van der Waals surface area (Å²) in [6, 6.07) is 4.09. The maximum absolute atomic E-state index is 14.6. The average Bonchev–Trinajstić information content (AvgIpc) is 3.48. The molecule has 0 atom stereocenters. The van der Waals surface area contributed by atoms with Gasteiger partial charge in [0, 0.05) is 0 Å². The minimum atomic E-state index is -4.76. The van der Waals surface area contributed by atoms with Gasteiger partial charge in [0.25, 0.3) is 26.1 Å². The van der Waals surface area contributed by atoms with E-state index in [1.165, 1.54) is 30.4 Å². The summed E-state index contributed by atoms with van der Waals surface area (Å²) in [7, 11) is -9.51. The Morgan fingerprint density at radius 1 is 0.787 bits per heavy atom. The third kappa shape index (κ3) is 7.20. The fourth-order valence-electron chi connectivity index (χ4n) is 3.92. The van der Waals surface area contributed by atoms with Gasteiger partial charge in [-0.25, -0.2) is 18.4 Å². The van der Waals surface area contributed by atoms with E-state index in [0.29, 0.717) is 21.8 Å². The normalized spacial score (nSPS) is 15.1. The summed E-state index contributed by atoms with van der Waals surface area (Å²) in [5.41, 5.74) is -3.45. The molecule has 16 nitrogen and oxygen atoms in total. The second-order valence-corrected chi connectivity index (χ2v) is 11.9. The molecule has 0 fully saturated rings. The fraction of sp³-hybridized carbons (Fsp3) is 0. The largest absolute Gasteiger partial charge is 0.493 e. The van der Waals surface area contributed by atoms with Crippen LogP contribution in [0.3, 0.4) is 0 Å². The molecule has 1 aliphatic rings. The van der Waals surface area contributed by atoms with Crippen molar-refractivity contribution >= 4 is 55.6 Å². The number of aliphatic carboxylic acids is 1. The molecule has 1 aliphatic heterocycles. The molecule has 4 rings (SSSR count). The fourth-order valence-corrected chi connectivity index (χ4v) is 4.91. The van der Waals surface area contributed by atoms with Crippen molar-refractivity contribution in [1.29, 1.82) is 0 Å². The van der Waals surface area contributed by atoms with E-state index in [2.05, 4.69) is 10.2 Å². The van der Waals surface area contributed by atoms with E-state index in [4.69, 9.17) is 9.11 Å². The van der Waals surface area contributed by atoms with E-state index in [1.807, 2.05) is 0 Å². The van der Waals surface area contributed by atoms with E-state index in [-0.39, 0.29) is 5.56 Å². The molecule has 244 valence electrons. The molecule has 0 aliphatic carbocycles. The number of carbonyl (C=O) groups excluding carboxylic acids is 1. The number of aromatic nitrogens is 2. The van der Waals surface area contributed by atoms with E-state index in [1.54, 1.807) is 0 Å². The van der Waals surface area contributed by atoms with E-state index >= 15 is 0 Å². The van der Waals surface area contributed by atoms with Gasteiger partial charge in [0.15, 0.2) is 11.4 Å². The maximum Gasteiger partial charge on any atom is 0.357 e. The smallest absolute Gasteiger partial charge is 0.357 e. The number of halogens is 2. The number of allylic oxidation sites excluding steroid dienone is 6. The van der Waals surface area contributed by atoms with Crippen molar-refractivity contribution < 1.29 is 64.4 Å². The molecule has 2 aromatic carbocycles. The second-order valence-electron chi connectivity index (χ2n) is 9.06. The SMILES string of the molecule is O=C(O)C1=NN(c2ccc(S(=O)(=O)O)cc2[18F])C(=O)\C1=C/C=C/C=C/C=C/c1c(C(=O)O)nn(-c2ccc(S(=O)(=O)O)cc2[18F])c1O. The average molecular weight is 691 g/mol. The van der Waals surface area contributed by atoms with Crippen LogP contribution in [0.1, 0.15) is 16.1 Å². The number of aromatic carboxylic acids is 1. The number of nitrogens with zero attached hydrogens (tertiary/aromatic N) is 4. The number of anilines is 1. The van der Waals surface area contributed by atoms with Crippen molar-refractivity contribution in [2.45, 2.75) is 9.79 Å². The lowest BCUT2D eigenvalue weighted by Crippen LogP contribution is -2.23. The number of benzene rings is 2. The van der Waals surface area contributed by atoms with Gasteiger partial charge in [0.2, 0.25) is 5.88 Å². The number of carboxylic acid groups (broad SMARTS) is 2. The van der Waals surface area contributed by atoms with Gasteiger partial charge in [-0.3, -0.25) is 13.9 Å². The maximum atomic E-state index is 14.6. The van der Waals surface area contributed by atoms with Crippen LogP contribution in [0.25, 0.3) is 11.8 Å². The summed E-state index contributed by atoms with van der Waals surface area (Å²) in [4.78, 5) is 34.6. The summed E-state index contributed by atoms with van der Waals surface area (Å²) in [6.45, 7) is 0. The number of amides is 1. The lowest BCUT2D eigenvalue weighted by molar-refractivity contribution is -0.129. The molecule has 20 heteroatoms. The minimum absolute atomic E-state index is 0.373. The van der Waals surface area contributed by atoms with Gasteiger partial charge >= 0.3 is 11.9 Å². The van der Waals surface area contributed by atoms with Gasteiger partial charge in [-0.15, -0.1) is 0 Å². The topological polar surface area (TPSA) is 254 Å². The first-order valence-electron chi connectivity index (χ1n) is 12.4. The predicted molar refractivity (Wildman–Crippen MR) is 156 cm³/mol. The van der Waals surface area contributed by atoms with Crippen LogP contribution in [0.4, 0.5) is 14.5 Å². The van der Waals surface area contributed by atoms with Crippen LogP contribution in [0, 0.1) is 11.6 Å². The van der Waals surface area contributed by atoms with Gasteiger partial charge < -0.3 is 15.3 Å². The van der Waals surface area contributed by atoms with Crippen LogP contribution in [0.5, 0.6) is 5.88 Å². The highest BCUT2D eigenvalue weighted by molar-refractivity contribution is 7.86. The Balaban J connectivity index is 1.54. The first-order chi connectivity index (χ1) is 21.9. The van der Waals surface area contributed by atoms with Crippen molar-refractivity contribution in [3.05, 3.63) is 101 Å². The zero-order valence-corrected chi connectivity index (χ0v) is 24.6. The van der Waals surface area contributed by atoms with E-state index < -0.39 is 93.7 Å². The van der Waals surface area contributed by atoms with Crippen molar-refractivity contribution in [2.24, 2.45) is 5.10 Å². The van der Waals surface area contributed by atoms with Crippen LogP contribution >= 0.6 is 0 Å². The first kappa shape index (κ1) is 34.1. The first-order valence-corrected chi connectivity index (χ1v) is 15.3. The Hall–Kier alpha value is -5.83. The van der Waals surface area contributed by atoms with Gasteiger partial charge in [0.05, 0.1) is 20.9 Å². The molecule has 1 amide bonds. The number of carbonyl (C=O) groups is 3. The van der Waals surface area contributed by atoms with Crippen LogP contribution in [0.2, 0.25) is 0 Å². The van der Waals surface area contributed by atoms with Crippen molar-refractivity contribution in [2.75, 3.05) is 5.01 Å². The summed E-state index contributed by atoms with van der Waals surface area (Å²) in [6.07, 6.45) is 8.48. The molecular formula is C27H18F2N4O12S2. The Kier molecular flexibility index (Phi) is 9.33. The highest BCUT2D eigenvalue weighted by Crippen LogP contribution is 2.30. The zero-order valence-electron chi connectivity index (χ0n) is 23.0. The number of hydrogen-bond acceptors (Lipinski definition) is 10. The van der Waals surface area contributed by atoms with Crippen molar-refractivity contribution in [3.63, 3.8) is 0 Å². The standard InChI is InChI=1S/C27H18F2N4O12S2/c28-18-12-14(46(40,41)42)8-10-20(18)32-24(34)16(22(30-32)26(36)37)6-4-2-1-3-5-7-17-23(27(38)39)31-33(25(17)35)21-11-9-15(13-19(21)29)47(43,44)45/h1-13,34H,(H,36,37)(H,38,39)(H,40,41,42)(H,43,44,45)/b2-1+,5-3+,6-4+,17-7-/i28-1,29-1. The Morgan fingerprint density at radius 3 is 1.83 bits per heavy atom. The van der Waals surface area contributed by atoms with Crippen LogP contribution in [0.15, 0.2) is 93.3 Å².